The van der Waals surface area contributed by atoms with E-state index in [9.17, 15) is 0 Å². The van der Waals surface area contributed by atoms with E-state index >= 15 is 0 Å². The minimum atomic E-state index is -1.30. The molecule has 0 saturated carbocycles. The molecule has 0 amide bonds. The van der Waals surface area contributed by atoms with Crippen molar-refractivity contribution in [2.75, 3.05) is 39.3 Å². The Morgan fingerprint density at radius 3 is 1.29 bits per heavy atom. The van der Waals surface area contributed by atoms with E-state index in [0.717, 1.165) is 63.9 Å². The predicted molar refractivity (Wildman–Crippen MR) is 147 cm³/mol. The fraction of sp³-hybridized carbons (Fsp3) is 0.571. The Hall–Kier alpha value is -1.65. The Kier molecular flexibility index (Phi) is 12.3. The molecular weight excluding hydrogens is 441 g/mol. The molecule has 5 nitrogen and oxygen atoms in total. The van der Waals surface area contributed by atoms with Gasteiger partial charge in [-0.25, -0.2) is 4.67 Å². The van der Waals surface area contributed by atoms with Gasteiger partial charge in [0.05, 0.1) is 0 Å². The number of nitrogens with zero attached hydrogens (tertiary/aromatic N) is 3. The van der Waals surface area contributed by atoms with E-state index in [-0.39, 0.29) is 0 Å². The van der Waals surface area contributed by atoms with Crippen molar-refractivity contribution in [2.45, 2.75) is 68.5 Å². The standard InChI is InChI=1S/C28H46N3O2P/c1-9-29(10-2)21-25-19-23(7)15-17-27(25)32-34(31(13-5)14-6)33-28-18-16-24(8)20-26(28)22-30(11-3)12-4/h15-20H,9-14,21-22H2,1-8H3. The lowest BCUT2D eigenvalue weighted by Crippen LogP contribution is -2.25. The van der Waals surface area contributed by atoms with Crippen molar-refractivity contribution in [2.24, 2.45) is 0 Å². The first kappa shape index (κ1) is 28.6. The van der Waals surface area contributed by atoms with Gasteiger partial charge in [0.15, 0.2) is 0 Å². The van der Waals surface area contributed by atoms with Crippen molar-refractivity contribution in [1.29, 1.82) is 0 Å². The van der Waals surface area contributed by atoms with Crippen LogP contribution in [-0.2, 0) is 13.1 Å². The molecule has 2 aromatic carbocycles. The van der Waals surface area contributed by atoms with Crippen LogP contribution >= 0.6 is 8.53 Å². The van der Waals surface area contributed by atoms with E-state index in [1.807, 2.05) is 0 Å². The summed E-state index contributed by atoms with van der Waals surface area (Å²) < 4.78 is 15.7. The molecule has 0 aromatic heterocycles. The van der Waals surface area contributed by atoms with E-state index in [2.05, 4.69) is 106 Å². The van der Waals surface area contributed by atoms with Crippen LogP contribution in [0.5, 0.6) is 11.5 Å². The average molecular weight is 488 g/mol. The predicted octanol–water partition coefficient (Wildman–Crippen LogP) is 7.01. The van der Waals surface area contributed by atoms with Crippen LogP contribution in [0.15, 0.2) is 36.4 Å². The summed E-state index contributed by atoms with van der Waals surface area (Å²) in [6, 6.07) is 13.0. The third-order valence-corrected chi connectivity index (χ3v) is 8.06. The fourth-order valence-electron chi connectivity index (χ4n) is 3.97. The summed E-state index contributed by atoms with van der Waals surface area (Å²) in [5, 5.41) is 0. The summed E-state index contributed by atoms with van der Waals surface area (Å²) in [7, 11) is -1.30. The zero-order valence-electron chi connectivity index (χ0n) is 22.7. The first-order valence-corrected chi connectivity index (χ1v) is 14.1. The van der Waals surface area contributed by atoms with Gasteiger partial charge in [-0.3, -0.25) is 9.80 Å². The van der Waals surface area contributed by atoms with Crippen LogP contribution in [-0.4, -0.2) is 53.7 Å². The lowest BCUT2D eigenvalue weighted by Gasteiger charge is -2.30. The summed E-state index contributed by atoms with van der Waals surface area (Å²) in [6.45, 7) is 25.0. The summed E-state index contributed by atoms with van der Waals surface area (Å²) in [5.74, 6) is 1.85. The molecule has 0 bridgehead atoms. The van der Waals surface area contributed by atoms with E-state index in [1.165, 1.54) is 22.3 Å². The highest BCUT2D eigenvalue weighted by Crippen LogP contribution is 2.46. The van der Waals surface area contributed by atoms with Gasteiger partial charge in [-0.15, -0.1) is 0 Å². The van der Waals surface area contributed by atoms with Crippen molar-refractivity contribution in [3.63, 3.8) is 0 Å². The van der Waals surface area contributed by atoms with E-state index < -0.39 is 8.53 Å². The normalized spacial score (nSPS) is 11.8. The molecule has 0 heterocycles. The molecule has 0 spiro atoms. The van der Waals surface area contributed by atoms with Gasteiger partial charge in [0.2, 0.25) is 0 Å². The zero-order chi connectivity index (χ0) is 25.1. The van der Waals surface area contributed by atoms with Gasteiger partial charge in [0.25, 0.3) is 0 Å². The second kappa shape index (κ2) is 14.7. The minimum Gasteiger partial charge on any atom is -0.427 e. The highest BCUT2D eigenvalue weighted by Gasteiger charge is 2.25. The van der Waals surface area contributed by atoms with Gasteiger partial charge >= 0.3 is 8.53 Å². The van der Waals surface area contributed by atoms with Gasteiger partial charge in [0.1, 0.15) is 11.5 Å². The molecule has 0 unspecified atom stereocenters. The lowest BCUT2D eigenvalue weighted by molar-refractivity contribution is 0.289. The van der Waals surface area contributed by atoms with Crippen LogP contribution in [0.3, 0.4) is 0 Å². The Morgan fingerprint density at radius 1 is 0.588 bits per heavy atom. The molecule has 0 saturated heterocycles. The smallest absolute Gasteiger partial charge is 0.384 e. The number of hydrogen-bond acceptors (Lipinski definition) is 5. The topological polar surface area (TPSA) is 28.2 Å². The first-order chi connectivity index (χ1) is 16.4. The van der Waals surface area contributed by atoms with Gasteiger partial charge in [0, 0.05) is 37.3 Å². The molecule has 0 aliphatic rings. The number of benzene rings is 2. The van der Waals surface area contributed by atoms with Gasteiger partial charge in [-0.05, 0) is 52.2 Å². The van der Waals surface area contributed by atoms with Crippen LogP contribution in [0.2, 0.25) is 0 Å². The largest absolute Gasteiger partial charge is 0.427 e. The van der Waals surface area contributed by atoms with E-state index in [4.69, 9.17) is 9.05 Å². The van der Waals surface area contributed by atoms with Crippen molar-refractivity contribution in [3.05, 3.63) is 58.7 Å². The molecule has 0 atom stereocenters. The minimum absolute atomic E-state index is 0.872. The second-order valence-electron chi connectivity index (χ2n) is 8.70. The van der Waals surface area contributed by atoms with Gasteiger partial charge in [-0.2, -0.15) is 0 Å². The molecular formula is C28H46N3O2P. The molecule has 0 aliphatic carbocycles. The molecule has 34 heavy (non-hydrogen) atoms. The fourth-order valence-corrected chi connectivity index (χ4v) is 5.40. The van der Waals surface area contributed by atoms with Gasteiger partial charge in [-0.1, -0.05) is 76.9 Å². The molecule has 0 fully saturated rings. The van der Waals surface area contributed by atoms with E-state index in [0.29, 0.717) is 0 Å². The van der Waals surface area contributed by atoms with Crippen LogP contribution in [0.25, 0.3) is 0 Å². The maximum Gasteiger partial charge on any atom is 0.384 e. The maximum atomic E-state index is 6.71. The molecule has 6 heteroatoms. The Bertz CT molecular complexity index is 799. The molecule has 0 radical (unpaired) electrons. The van der Waals surface area contributed by atoms with Crippen LogP contribution in [0.4, 0.5) is 0 Å². The average Bonchev–Trinajstić information content (AvgIpc) is 2.84. The number of aryl methyl sites for hydroxylation is 2. The quantitative estimate of drug-likeness (QED) is 0.252. The third-order valence-electron chi connectivity index (χ3n) is 6.32. The van der Waals surface area contributed by atoms with Gasteiger partial charge < -0.3 is 9.05 Å². The Balaban J connectivity index is 2.39. The first-order valence-electron chi connectivity index (χ1n) is 12.9. The number of hydrogen-bond donors (Lipinski definition) is 0. The molecule has 2 rings (SSSR count). The monoisotopic (exact) mass is 487 g/mol. The van der Waals surface area contributed by atoms with Crippen LogP contribution in [0.1, 0.15) is 63.8 Å². The van der Waals surface area contributed by atoms with Crippen molar-refractivity contribution in [1.82, 2.24) is 14.5 Å². The number of rotatable bonds is 15. The molecule has 190 valence electrons. The third kappa shape index (κ3) is 8.23. The second-order valence-corrected chi connectivity index (χ2v) is 10.1. The summed E-state index contributed by atoms with van der Waals surface area (Å²) in [6.07, 6.45) is 0. The molecule has 2 aromatic rings. The lowest BCUT2D eigenvalue weighted by atomic mass is 10.1. The Labute approximate surface area is 210 Å². The summed E-state index contributed by atoms with van der Waals surface area (Å²) >= 11 is 0. The van der Waals surface area contributed by atoms with Crippen LogP contribution < -0.4 is 9.05 Å². The summed E-state index contributed by atoms with van der Waals surface area (Å²) in [5.41, 5.74) is 4.95. The molecule has 0 N–H and O–H groups in total. The van der Waals surface area contributed by atoms with Crippen molar-refractivity contribution < 1.29 is 9.05 Å². The van der Waals surface area contributed by atoms with Crippen molar-refractivity contribution in [3.8, 4) is 11.5 Å². The van der Waals surface area contributed by atoms with Crippen molar-refractivity contribution >= 4 is 8.53 Å². The Morgan fingerprint density at radius 2 is 0.971 bits per heavy atom. The highest BCUT2D eigenvalue weighted by molar-refractivity contribution is 7.45. The SMILES string of the molecule is CCN(CC)Cc1cc(C)ccc1OP(Oc1ccc(C)cc1CN(CC)CC)N(CC)CC. The molecule has 0 aliphatic heterocycles. The van der Waals surface area contributed by atoms with E-state index in [1.54, 1.807) is 0 Å². The highest BCUT2D eigenvalue weighted by atomic mass is 31.2. The maximum absolute atomic E-state index is 6.71. The van der Waals surface area contributed by atoms with Crippen LogP contribution in [0, 0.1) is 13.8 Å². The zero-order valence-corrected chi connectivity index (χ0v) is 23.6. The summed E-state index contributed by atoms with van der Waals surface area (Å²) in [4.78, 5) is 4.84.